The summed E-state index contributed by atoms with van der Waals surface area (Å²) < 4.78 is 20.0. The molecule has 0 saturated heterocycles. The van der Waals surface area contributed by atoms with Crippen LogP contribution < -0.4 is 5.43 Å². The van der Waals surface area contributed by atoms with Crippen molar-refractivity contribution in [1.82, 2.24) is 19.9 Å². The van der Waals surface area contributed by atoms with E-state index in [1.54, 1.807) is 23.0 Å². The van der Waals surface area contributed by atoms with Crippen molar-refractivity contribution in [3.05, 3.63) is 82.9 Å². The first-order valence-corrected chi connectivity index (χ1v) is 7.46. The van der Waals surface area contributed by atoms with Gasteiger partial charge in [0, 0.05) is 17.8 Å². The first-order valence-electron chi connectivity index (χ1n) is 7.46. The molecule has 0 aliphatic carbocycles. The molecule has 122 valence electrons. The largest absolute Gasteiger partial charge is 0.332 e. The highest BCUT2D eigenvalue weighted by molar-refractivity contribution is 5.57. The highest BCUT2D eigenvalue weighted by Gasteiger charge is 2.16. The Morgan fingerprint density at radius 1 is 1.00 bits per heavy atom. The average molecular weight is 334 g/mol. The summed E-state index contributed by atoms with van der Waals surface area (Å²) in [4.78, 5) is 16.3. The Labute approximate surface area is 141 Å². The fourth-order valence-corrected chi connectivity index (χ4v) is 2.34. The van der Waals surface area contributed by atoms with Crippen molar-refractivity contribution in [3.8, 4) is 28.7 Å². The van der Waals surface area contributed by atoms with Gasteiger partial charge in [0.15, 0.2) is 5.69 Å². The second-order valence-corrected chi connectivity index (χ2v) is 5.24. The number of halogens is 1. The molecule has 0 saturated carbocycles. The Balaban J connectivity index is 1.77. The van der Waals surface area contributed by atoms with Crippen LogP contribution in [0.3, 0.4) is 0 Å². The van der Waals surface area contributed by atoms with Crippen LogP contribution in [-0.2, 0) is 0 Å². The second kappa shape index (κ2) is 6.12. The van der Waals surface area contributed by atoms with Crippen molar-refractivity contribution >= 4 is 0 Å². The molecule has 7 heteroatoms. The molecule has 0 radical (unpaired) electrons. The van der Waals surface area contributed by atoms with E-state index in [2.05, 4.69) is 15.2 Å². The highest BCUT2D eigenvalue weighted by atomic mass is 19.1. The fraction of sp³-hybridized carbons (Fsp3) is 0. The summed E-state index contributed by atoms with van der Waals surface area (Å²) in [7, 11) is 0. The van der Waals surface area contributed by atoms with Crippen molar-refractivity contribution < 1.29 is 8.91 Å². The van der Waals surface area contributed by atoms with Crippen molar-refractivity contribution in [2.75, 3.05) is 0 Å². The molecule has 0 spiro atoms. The molecular weight excluding hydrogens is 323 g/mol. The van der Waals surface area contributed by atoms with Crippen molar-refractivity contribution in [3.63, 3.8) is 0 Å². The van der Waals surface area contributed by atoms with Gasteiger partial charge in [-0.25, -0.2) is 9.07 Å². The summed E-state index contributed by atoms with van der Waals surface area (Å²) in [5, 5.41) is 8.08. The van der Waals surface area contributed by atoms with Gasteiger partial charge in [0.25, 0.3) is 5.89 Å². The van der Waals surface area contributed by atoms with Crippen molar-refractivity contribution in [2.24, 2.45) is 0 Å². The van der Waals surface area contributed by atoms with Gasteiger partial charge in [-0.1, -0.05) is 35.5 Å². The van der Waals surface area contributed by atoms with E-state index in [-0.39, 0.29) is 22.8 Å². The Morgan fingerprint density at radius 3 is 2.64 bits per heavy atom. The maximum atomic E-state index is 13.3. The molecule has 4 aromatic rings. The summed E-state index contributed by atoms with van der Waals surface area (Å²) in [6.45, 7) is 0. The Kier molecular flexibility index (Phi) is 3.66. The van der Waals surface area contributed by atoms with Crippen LogP contribution in [0.5, 0.6) is 0 Å². The summed E-state index contributed by atoms with van der Waals surface area (Å²) in [5.74, 6) is -0.242. The molecule has 4 rings (SSSR count). The second-order valence-electron chi connectivity index (χ2n) is 5.24. The molecule has 25 heavy (non-hydrogen) atoms. The summed E-state index contributed by atoms with van der Waals surface area (Å²) in [6, 6.07) is 16.5. The minimum atomic E-state index is -0.409. The third-order valence-electron chi connectivity index (χ3n) is 3.54. The van der Waals surface area contributed by atoms with E-state index in [0.717, 1.165) is 5.69 Å². The number of nitrogens with zero attached hydrogens (tertiary/aromatic N) is 4. The van der Waals surface area contributed by atoms with Crippen LogP contribution in [0.1, 0.15) is 0 Å². The monoisotopic (exact) mass is 334 g/mol. The first kappa shape index (κ1) is 14.9. The average Bonchev–Trinajstić information content (AvgIpc) is 3.13. The molecule has 2 heterocycles. The van der Waals surface area contributed by atoms with Gasteiger partial charge < -0.3 is 4.52 Å². The van der Waals surface area contributed by atoms with E-state index in [1.165, 1.54) is 18.2 Å². The van der Waals surface area contributed by atoms with Gasteiger partial charge in [-0.15, -0.1) is 0 Å². The molecule has 0 aliphatic heterocycles. The standard InChI is InChI=1S/C18H11FN4O2/c19-13-6-4-5-12(11-13)17-20-18(25-22-17)16-15(24)9-10-23(21-16)14-7-2-1-3-8-14/h1-11H. The molecule has 0 unspecified atom stereocenters. The third-order valence-corrected chi connectivity index (χ3v) is 3.54. The fourth-order valence-electron chi connectivity index (χ4n) is 2.34. The van der Waals surface area contributed by atoms with Crippen molar-refractivity contribution in [1.29, 1.82) is 0 Å². The van der Waals surface area contributed by atoms with Gasteiger partial charge in [0.1, 0.15) is 5.82 Å². The zero-order valence-corrected chi connectivity index (χ0v) is 12.8. The van der Waals surface area contributed by atoms with Gasteiger partial charge >= 0.3 is 0 Å². The lowest BCUT2D eigenvalue weighted by atomic mass is 10.2. The summed E-state index contributed by atoms with van der Waals surface area (Å²) in [6.07, 6.45) is 1.56. The Bertz CT molecular complexity index is 1090. The van der Waals surface area contributed by atoms with Crippen molar-refractivity contribution in [2.45, 2.75) is 0 Å². The lowest BCUT2D eigenvalue weighted by Gasteiger charge is -2.04. The number of benzene rings is 2. The summed E-state index contributed by atoms with van der Waals surface area (Å²) >= 11 is 0. The number of rotatable bonds is 3. The van der Waals surface area contributed by atoms with Crippen LogP contribution >= 0.6 is 0 Å². The lowest BCUT2D eigenvalue weighted by molar-refractivity contribution is 0.429. The highest BCUT2D eigenvalue weighted by Crippen LogP contribution is 2.20. The molecular formula is C18H11FN4O2. The molecule has 0 atom stereocenters. The molecule has 0 amide bonds. The first-order chi connectivity index (χ1) is 12.2. The van der Waals surface area contributed by atoms with Gasteiger partial charge in [0.05, 0.1) is 5.69 Å². The summed E-state index contributed by atoms with van der Waals surface area (Å²) in [5.41, 5.74) is 0.922. The molecule has 0 bridgehead atoms. The Hall–Kier alpha value is -3.61. The molecule has 0 fully saturated rings. The van der Waals surface area contributed by atoms with Gasteiger partial charge in [0.2, 0.25) is 11.3 Å². The normalized spacial score (nSPS) is 10.8. The quantitative estimate of drug-likeness (QED) is 0.575. The number of hydrogen-bond acceptors (Lipinski definition) is 5. The van der Waals surface area contributed by atoms with Crippen LogP contribution in [0.25, 0.3) is 28.7 Å². The van der Waals surface area contributed by atoms with E-state index in [0.29, 0.717) is 5.56 Å². The molecule has 2 aromatic carbocycles. The number of hydrogen-bond donors (Lipinski definition) is 0. The Morgan fingerprint density at radius 2 is 1.84 bits per heavy atom. The minimum Gasteiger partial charge on any atom is -0.332 e. The predicted molar refractivity (Wildman–Crippen MR) is 88.5 cm³/mol. The van der Waals surface area contributed by atoms with Crippen LogP contribution in [0, 0.1) is 5.82 Å². The van der Waals surface area contributed by atoms with Gasteiger partial charge in [-0.05, 0) is 24.3 Å². The molecule has 6 nitrogen and oxygen atoms in total. The van der Waals surface area contributed by atoms with Crippen LogP contribution in [0.2, 0.25) is 0 Å². The molecule has 2 aromatic heterocycles. The maximum Gasteiger partial charge on any atom is 0.282 e. The molecule has 0 aliphatic rings. The predicted octanol–water partition coefficient (Wildman–Crippen LogP) is 3.09. The SMILES string of the molecule is O=c1ccn(-c2ccccc2)nc1-c1nc(-c2cccc(F)c2)no1. The van der Waals surface area contributed by atoms with E-state index in [1.807, 2.05) is 30.3 Å². The smallest absolute Gasteiger partial charge is 0.282 e. The van der Waals surface area contributed by atoms with E-state index >= 15 is 0 Å². The van der Waals surface area contributed by atoms with Crippen LogP contribution in [-0.4, -0.2) is 19.9 Å². The van der Waals surface area contributed by atoms with Crippen LogP contribution in [0.4, 0.5) is 4.39 Å². The zero-order chi connectivity index (χ0) is 17.2. The topological polar surface area (TPSA) is 73.8 Å². The van der Waals surface area contributed by atoms with E-state index < -0.39 is 5.82 Å². The maximum absolute atomic E-state index is 13.3. The van der Waals surface area contributed by atoms with E-state index in [9.17, 15) is 9.18 Å². The zero-order valence-electron chi connectivity index (χ0n) is 12.8. The van der Waals surface area contributed by atoms with Gasteiger partial charge in [-0.2, -0.15) is 10.1 Å². The lowest BCUT2D eigenvalue weighted by Crippen LogP contribution is -2.12. The third kappa shape index (κ3) is 2.94. The molecule has 0 N–H and O–H groups in total. The van der Waals surface area contributed by atoms with Gasteiger partial charge in [-0.3, -0.25) is 4.79 Å². The minimum absolute atomic E-state index is 0.0189. The number of para-hydroxylation sites is 1. The van der Waals surface area contributed by atoms with Crippen LogP contribution in [0.15, 0.2) is 76.2 Å². The van der Waals surface area contributed by atoms with E-state index in [4.69, 9.17) is 4.52 Å². The number of aromatic nitrogens is 4.